The molecule has 0 aliphatic carbocycles. The number of primary amides is 1. The zero-order valence-electron chi connectivity index (χ0n) is 11.3. The van der Waals surface area contributed by atoms with Crippen LogP contribution < -0.4 is 15.8 Å². The van der Waals surface area contributed by atoms with E-state index in [0.29, 0.717) is 5.56 Å². The van der Waals surface area contributed by atoms with E-state index in [-0.39, 0.29) is 18.7 Å². The van der Waals surface area contributed by atoms with Crippen LogP contribution in [0.15, 0.2) is 24.3 Å². The minimum Gasteiger partial charge on any atom is -0.405 e. The second kappa shape index (κ2) is 6.13. The Morgan fingerprint density at radius 2 is 1.90 bits per heavy atom. The van der Waals surface area contributed by atoms with Crippen molar-refractivity contribution < 1.29 is 22.7 Å². The highest BCUT2D eigenvalue weighted by molar-refractivity contribution is 5.75. The van der Waals surface area contributed by atoms with Crippen molar-refractivity contribution in [1.29, 1.82) is 0 Å². The van der Waals surface area contributed by atoms with Gasteiger partial charge in [-0.15, -0.1) is 13.2 Å². The standard InChI is InChI=1S/C13H17F3N2O2/c1-12(2,7-11(17)19)18-8-9-5-3-4-6-10(9)20-13(14,15)16/h3-6,18H,7-8H2,1-2H3,(H2,17,19). The van der Waals surface area contributed by atoms with Crippen molar-refractivity contribution in [3.05, 3.63) is 29.8 Å². The Morgan fingerprint density at radius 3 is 2.45 bits per heavy atom. The molecule has 0 aliphatic rings. The SMILES string of the molecule is CC(C)(CC(N)=O)NCc1ccccc1OC(F)(F)F. The van der Waals surface area contributed by atoms with Crippen LogP contribution in [0.1, 0.15) is 25.8 Å². The molecule has 0 unspecified atom stereocenters. The number of benzene rings is 1. The number of halogens is 3. The second-order valence-corrected chi connectivity index (χ2v) is 5.04. The van der Waals surface area contributed by atoms with E-state index in [4.69, 9.17) is 5.73 Å². The van der Waals surface area contributed by atoms with Crippen LogP contribution >= 0.6 is 0 Å². The number of hydrogen-bond acceptors (Lipinski definition) is 3. The van der Waals surface area contributed by atoms with Gasteiger partial charge in [-0.1, -0.05) is 18.2 Å². The number of carbonyl (C=O) groups is 1. The van der Waals surface area contributed by atoms with Crippen molar-refractivity contribution >= 4 is 5.91 Å². The molecule has 1 aromatic carbocycles. The third-order valence-corrected chi connectivity index (χ3v) is 2.57. The van der Waals surface area contributed by atoms with E-state index in [0.717, 1.165) is 0 Å². The van der Waals surface area contributed by atoms with E-state index in [9.17, 15) is 18.0 Å². The zero-order chi connectivity index (χ0) is 15.4. The summed E-state index contributed by atoms with van der Waals surface area (Å²) in [7, 11) is 0. The van der Waals surface area contributed by atoms with Gasteiger partial charge in [0.05, 0.1) is 0 Å². The summed E-state index contributed by atoms with van der Waals surface area (Å²) in [5.74, 6) is -0.746. The maximum atomic E-state index is 12.3. The topological polar surface area (TPSA) is 64.4 Å². The summed E-state index contributed by atoms with van der Waals surface area (Å²) in [6.07, 6.45) is -4.66. The van der Waals surface area contributed by atoms with Crippen LogP contribution in [0.25, 0.3) is 0 Å². The third kappa shape index (κ3) is 5.92. The number of alkyl halides is 3. The lowest BCUT2D eigenvalue weighted by atomic mass is 10.00. The van der Waals surface area contributed by atoms with Gasteiger partial charge in [-0.2, -0.15) is 0 Å². The predicted octanol–water partition coefficient (Wildman–Crippen LogP) is 2.33. The molecule has 7 heteroatoms. The van der Waals surface area contributed by atoms with Gasteiger partial charge in [0.25, 0.3) is 0 Å². The Kier molecular flexibility index (Phi) is 4.99. The summed E-state index contributed by atoms with van der Waals surface area (Å²) in [5.41, 5.74) is 4.84. The van der Waals surface area contributed by atoms with Crippen LogP contribution in [0.2, 0.25) is 0 Å². The van der Waals surface area contributed by atoms with E-state index >= 15 is 0 Å². The lowest BCUT2D eigenvalue weighted by Crippen LogP contribution is -2.42. The monoisotopic (exact) mass is 290 g/mol. The number of amides is 1. The van der Waals surface area contributed by atoms with Crippen LogP contribution in [0.4, 0.5) is 13.2 Å². The van der Waals surface area contributed by atoms with Crippen molar-refractivity contribution in [3.8, 4) is 5.75 Å². The number of nitrogens with one attached hydrogen (secondary N) is 1. The molecule has 0 fully saturated rings. The smallest absolute Gasteiger partial charge is 0.405 e. The molecule has 0 saturated heterocycles. The Balaban J connectivity index is 2.75. The van der Waals surface area contributed by atoms with Gasteiger partial charge >= 0.3 is 6.36 Å². The van der Waals surface area contributed by atoms with E-state index in [1.165, 1.54) is 18.2 Å². The molecule has 112 valence electrons. The van der Waals surface area contributed by atoms with E-state index in [2.05, 4.69) is 10.1 Å². The van der Waals surface area contributed by atoms with E-state index in [1.54, 1.807) is 19.9 Å². The highest BCUT2D eigenvalue weighted by Crippen LogP contribution is 2.26. The highest BCUT2D eigenvalue weighted by Gasteiger charge is 2.32. The summed E-state index contributed by atoms with van der Waals surface area (Å²) in [6, 6.07) is 5.83. The normalized spacial score (nSPS) is 12.2. The molecule has 1 rings (SSSR count). The minimum atomic E-state index is -4.74. The van der Waals surface area contributed by atoms with Crippen LogP contribution in [-0.2, 0) is 11.3 Å². The number of hydrogen-bond donors (Lipinski definition) is 2. The molecule has 3 N–H and O–H groups in total. The maximum absolute atomic E-state index is 12.3. The Morgan fingerprint density at radius 1 is 1.30 bits per heavy atom. The van der Waals surface area contributed by atoms with Crippen molar-refractivity contribution in [2.75, 3.05) is 0 Å². The summed E-state index contributed by atoms with van der Waals surface area (Å²) in [4.78, 5) is 10.9. The van der Waals surface area contributed by atoms with Gasteiger partial charge in [0, 0.05) is 24.1 Å². The number of nitrogens with two attached hydrogens (primary N) is 1. The summed E-state index contributed by atoms with van der Waals surface area (Å²) >= 11 is 0. The van der Waals surface area contributed by atoms with Gasteiger partial charge in [-0.3, -0.25) is 4.79 Å². The third-order valence-electron chi connectivity index (χ3n) is 2.57. The van der Waals surface area contributed by atoms with Gasteiger partial charge in [0.2, 0.25) is 5.91 Å². The molecule has 0 spiro atoms. The van der Waals surface area contributed by atoms with Gasteiger partial charge in [0.15, 0.2) is 0 Å². The Bertz CT molecular complexity index is 473. The van der Waals surface area contributed by atoms with Gasteiger partial charge < -0.3 is 15.8 Å². The zero-order valence-corrected chi connectivity index (χ0v) is 11.3. The van der Waals surface area contributed by atoms with Crippen LogP contribution in [0, 0.1) is 0 Å². The molecule has 0 bridgehead atoms. The lowest BCUT2D eigenvalue weighted by Gasteiger charge is -2.25. The lowest BCUT2D eigenvalue weighted by molar-refractivity contribution is -0.274. The fraction of sp³-hybridized carbons (Fsp3) is 0.462. The summed E-state index contributed by atoms with van der Waals surface area (Å²) < 4.78 is 40.7. The maximum Gasteiger partial charge on any atom is 0.573 e. The summed E-state index contributed by atoms with van der Waals surface area (Å²) in [6.45, 7) is 3.61. The van der Waals surface area contributed by atoms with Crippen LogP contribution in [-0.4, -0.2) is 17.8 Å². The van der Waals surface area contributed by atoms with Gasteiger partial charge in [-0.05, 0) is 19.9 Å². The molecule has 0 atom stereocenters. The molecule has 0 heterocycles. The Labute approximate surface area is 115 Å². The van der Waals surface area contributed by atoms with Crippen molar-refractivity contribution in [2.45, 2.75) is 38.7 Å². The molecule has 4 nitrogen and oxygen atoms in total. The molecular formula is C13H17F3N2O2. The fourth-order valence-electron chi connectivity index (χ4n) is 1.71. The number of rotatable bonds is 6. The van der Waals surface area contributed by atoms with E-state index < -0.39 is 17.8 Å². The van der Waals surface area contributed by atoms with Crippen molar-refractivity contribution in [1.82, 2.24) is 5.32 Å². The molecule has 1 amide bonds. The average Bonchev–Trinajstić information content (AvgIpc) is 2.24. The first-order chi connectivity index (χ1) is 9.09. The first kappa shape index (κ1) is 16.3. The number of para-hydroxylation sites is 1. The largest absolute Gasteiger partial charge is 0.573 e. The molecular weight excluding hydrogens is 273 g/mol. The highest BCUT2D eigenvalue weighted by atomic mass is 19.4. The minimum absolute atomic E-state index is 0.0787. The van der Waals surface area contributed by atoms with E-state index in [1.807, 2.05) is 0 Å². The molecule has 0 aromatic heterocycles. The predicted molar refractivity (Wildman–Crippen MR) is 67.9 cm³/mol. The molecule has 1 aromatic rings. The summed E-state index contributed by atoms with van der Waals surface area (Å²) in [5, 5.41) is 2.98. The van der Waals surface area contributed by atoms with Gasteiger partial charge in [-0.25, -0.2) is 0 Å². The van der Waals surface area contributed by atoms with Crippen molar-refractivity contribution in [3.63, 3.8) is 0 Å². The number of ether oxygens (including phenoxy) is 1. The quantitative estimate of drug-likeness (QED) is 0.845. The molecule has 20 heavy (non-hydrogen) atoms. The first-order valence-corrected chi connectivity index (χ1v) is 5.96. The van der Waals surface area contributed by atoms with Crippen LogP contribution in [0.3, 0.4) is 0 Å². The number of carbonyl (C=O) groups excluding carboxylic acids is 1. The fourth-order valence-corrected chi connectivity index (χ4v) is 1.71. The second-order valence-electron chi connectivity index (χ2n) is 5.04. The van der Waals surface area contributed by atoms with Crippen LogP contribution in [0.5, 0.6) is 5.75 Å². The van der Waals surface area contributed by atoms with Crippen molar-refractivity contribution in [2.24, 2.45) is 5.73 Å². The Hall–Kier alpha value is -1.76. The molecule has 0 aliphatic heterocycles. The van der Waals surface area contributed by atoms with Gasteiger partial charge in [0.1, 0.15) is 5.75 Å². The first-order valence-electron chi connectivity index (χ1n) is 5.96. The average molecular weight is 290 g/mol. The molecule has 0 saturated carbocycles. The molecule has 0 radical (unpaired) electrons.